The second-order valence-corrected chi connectivity index (χ2v) is 7.12. The molecule has 3 nitrogen and oxygen atoms in total. The lowest BCUT2D eigenvalue weighted by molar-refractivity contribution is 0.269. The van der Waals surface area contributed by atoms with Crippen LogP contribution >= 0.6 is 24.0 Å². The summed E-state index contributed by atoms with van der Waals surface area (Å²) in [6.07, 6.45) is 0.848. The first-order valence-electron chi connectivity index (χ1n) is 9.72. The molecule has 0 fully saturated rings. The van der Waals surface area contributed by atoms with Crippen molar-refractivity contribution in [3.8, 4) is 11.5 Å². The number of halogens is 3. The maximum atomic E-state index is 13.0. The van der Waals surface area contributed by atoms with Crippen molar-refractivity contribution in [2.45, 2.75) is 26.5 Å². The van der Waals surface area contributed by atoms with Gasteiger partial charge in [-0.3, -0.25) is 0 Å². The molecule has 0 aliphatic rings. The molecule has 0 aromatic heterocycles. The lowest BCUT2D eigenvalue weighted by Crippen LogP contribution is -2.16. The van der Waals surface area contributed by atoms with Gasteiger partial charge in [-0.25, -0.2) is 4.39 Å². The number of rotatable bonds is 10. The summed E-state index contributed by atoms with van der Waals surface area (Å²) < 4.78 is 24.7. The Morgan fingerprint density at radius 3 is 2.20 bits per heavy atom. The summed E-state index contributed by atoms with van der Waals surface area (Å²) in [5.74, 6) is 1.25. The summed E-state index contributed by atoms with van der Waals surface area (Å²) in [5.41, 5.74) is 3.27. The summed E-state index contributed by atoms with van der Waals surface area (Å²) in [6.45, 7) is 4.50. The highest BCUT2D eigenvalue weighted by molar-refractivity contribution is 6.30. The molecule has 160 valence electrons. The summed E-state index contributed by atoms with van der Waals surface area (Å²) in [4.78, 5) is 0. The van der Waals surface area contributed by atoms with Gasteiger partial charge in [0.05, 0.1) is 6.61 Å². The van der Waals surface area contributed by atoms with Crippen molar-refractivity contribution >= 4 is 24.0 Å². The molecule has 0 unspecified atom stereocenters. The fourth-order valence-electron chi connectivity index (χ4n) is 2.91. The largest absolute Gasteiger partial charge is 0.490 e. The van der Waals surface area contributed by atoms with Crippen LogP contribution in [0.15, 0.2) is 66.7 Å². The Balaban J connectivity index is 0.00000320. The lowest BCUT2D eigenvalue weighted by atomic mass is 10.1. The molecular formula is C24H26Cl2FNO2. The third kappa shape index (κ3) is 7.52. The molecular weight excluding hydrogens is 424 g/mol. The van der Waals surface area contributed by atoms with Crippen molar-refractivity contribution < 1.29 is 13.9 Å². The fraction of sp³-hybridized carbons (Fsp3) is 0.250. The van der Waals surface area contributed by atoms with Crippen molar-refractivity contribution in [1.29, 1.82) is 0 Å². The highest BCUT2D eigenvalue weighted by atomic mass is 35.5. The van der Waals surface area contributed by atoms with Gasteiger partial charge in [0.25, 0.3) is 0 Å². The Bertz CT molecular complexity index is 902. The van der Waals surface area contributed by atoms with Gasteiger partial charge in [0.1, 0.15) is 12.4 Å². The Kier molecular flexibility index (Phi) is 9.95. The van der Waals surface area contributed by atoms with E-state index in [1.807, 2.05) is 61.5 Å². The van der Waals surface area contributed by atoms with Crippen LogP contribution in [0, 0.1) is 5.82 Å². The smallest absolute Gasteiger partial charge is 0.161 e. The molecule has 0 aliphatic carbocycles. The van der Waals surface area contributed by atoms with Crippen LogP contribution in [-0.2, 0) is 19.6 Å². The molecule has 0 saturated carbocycles. The third-order valence-electron chi connectivity index (χ3n) is 4.45. The Morgan fingerprint density at radius 1 is 0.833 bits per heavy atom. The van der Waals surface area contributed by atoms with Crippen LogP contribution in [-0.4, -0.2) is 13.2 Å². The van der Waals surface area contributed by atoms with E-state index >= 15 is 0 Å². The van der Waals surface area contributed by atoms with Gasteiger partial charge in [0.15, 0.2) is 11.5 Å². The Labute approximate surface area is 188 Å². The zero-order valence-corrected chi connectivity index (χ0v) is 18.4. The van der Waals surface area contributed by atoms with Crippen molar-refractivity contribution in [2.24, 2.45) is 0 Å². The molecule has 0 atom stereocenters. The van der Waals surface area contributed by atoms with E-state index in [9.17, 15) is 4.39 Å². The van der Waals surface area contributed by atoms with Crippen LogP contribution in [0.1, 0.15) is 23.6 Å². The van der Waals surface area contributed by atoms with E-state index in [1.54, 1.807) is 0 Å². The van der Waals surface area contributed by atoms with Crippen LogP contribution < -0.4 is 14.8 Å². The molecule has 6 heteroatoms. The van der Waals surface area contributed by atoms with E-state index in [4.69, 9.17) is 21.1 Å². The van der Waals surface area contributed by atoms with Gasteiger partial charge in [-0.15, -0.1) is 12.4 Å². The molecule has 0 heterocycles. The second-order valence-electron chi connectivity index (χ2n) is 6.68. The minimum atomic E-state index is -0.205. The lowest BCUT2D eigenvalue weighted by Gasteiger charge is -2.14. The third-order valence-corrected chi connectivity index (χ3v) is 4.70. The molecule has 0 amide bonds. The summed E-state index contributed by atoms with van der Waals surface area (Å²) in [7, 11) is 0. The van der Waals surface area contributed by atoms with Crippen LogP contribution in [0.25, 0.3) is 0 Å². The summed E-state index contributed by atoms with van der Waals surface area (Å²) in [5, 5.41) is 4.12. The van der Waals surface area contributed by atoms with Gasteiger partial charge in [0.2, 0.25) is 0 Å². The SMILES string of the molecule is CCOc1cc(CNCCc2ccc(F)cc2)ccc1OCc1ccc(Cl)cc1.Cl. The standard InChI is InChI=1S/C24H25ClFNO2.ClH/c1-2-28-24-15-20(16-27-14-13-18-5-10-22(26)11-6-18)7-12-23(24)29-17-19-3-8-21(25)9-4-19;/h3-12,15,27H,2,13-14,16-17H2,1H3;1H. The van der Waals surface area contributed by atoms with E-state index in [2.05, 4.69) is 5.32 Å². The van der Waals surface area contributed by atoms with Crippen molar-refractivity contribution in [3.63, 3.8) is 0 Å². The molecule has 30 heavy (non-hydrogen) atoms. The van der Waals surface area contributed by atoms with Crippen LogP contribution in [0.3, 0.4) is 0 Å². The van der Waals surface area contributed by atoms with Gasteiger partial charge in [-0.1, -0.05) is 41.9 Å². The fourth-order valence-corrected chi connectivity index (χ4v) is 3.03. The van der Waals surface area contributed by atoms with Gasteiger partial charge in [-0.2, -0.15) is 0 Å². The molecule has 0 radical (unpaired) electrons. The molecule has 0 bridgehead atoms. The predicted octanol–water partition coefficient (Wildman–Crippen LogP) is 6.21. The van der Waals surface area contributed by atoms with Crippen molar-refractivity contribution in [1.82, 2.24) is 5.32 Å². The zero-order valence-electron chi connectivity index (χ0n) is 16.9. The van der Waals surface area contributed by atoms with Crippen LogP contribution in [0.2, 0.25) is 5.02 Å². The number of hydrogen-bond acceptors (Lipinski definition) is 3. The van der Waals surface area contributed by atoms with E-state index in [0.717, 1.165) is 47.7 Å². The topological polar surface area (TPSA) is 30.5 Å². The van der Waals surface area contributed by atoms with E-state index in [1.165, 1.54) is 12.1 Å². The highest BCUT2D eigenvalue weighted by Crippen LogP contribution is 2.29. The highest BCUT2D eigenvalue weighted by Gasteiger charge is 2.07. The summed E-state index contributed by atoms with van der Waals surface area (Å²) in [6, 6.07) is 20.2. The first-order valence-corrected chi connectivity index (χ1v) is 10.1. The molecule has 1 N–H and O–H groups in total. The molecule has 0 saturated heterocycles. The summed E-state index contributed by atoms with van der Waals surface area (Å²) >= 11 is 5.92. The maximum Gasteiger partial charge on any atom is 0.161 e. The number of ether oxygens (including phenoxy) is 2. The van der Waals surface area contributed by atoms with Crippen LogP contribution in [0.4, 0.5) is 4.39 Å². The average Bonchev–Trinajstić information content (AvgIpc) is 2.73. The Hall–Kier alpha value is -2.27. The molecule has 3 aromatic carbocycles. The first-order chi connectivity index (χ1) is 14.1. The first kappa shape index (κ1) is 24.0. The van der Waals surface area contributed by atoms with Gasteiger partial charge < -0.3 is 14.8 Å². The zero-order chi connectivity index (χ0) is 20.5. The molecule has 0 spiro atoms. The number of benzene rings is 3. The van der Waals surface area contributed by atoms with E-state index < -0.39 is 0 Å². The maximum absolute atomic E-state index is 13.0. The Morgan fingerprint density at radius 2 is 1.50 bits per heavy atom. The van der Waals surface area contributed by atoms with Gasteiger partial charge in [-0.05, 0) is 73.0 Å². The monoisotopic (exact) mass is 449 g/mol. The predicted molar refractivity (Wildman–Crippen MR) is 122 cm³/mol. The van der Waals surface area contributed by atoms with Crippen molar-refractivity contribution in [2.75, 3.05) is 13.2 Å². The minimum Gasteiger partial charge on any atom is -0.490 e. The van der Waals surface area contributed by atoms with Gasteiger partial charge in [0, 0.05) is 11.6 Å². The van der Waals surface area contributed by atoms with E-state index in [-0.39, 0.29) is 18.2 Å². The van der Waals surface area contributed by atoms with Gasteiger partial charge >= 0.3 is 0 Å². The molecule has 3 rings (SSSR count). The minimum absolute atomic E-state index is 0. The number of hydrogen-bond donors (Lipinski definition) is 1. The number of nitrogens with one attached hydrogen (secondary N) is 1. The average molecular weight is 450 g/mol. The normalized spacial score (nSPS) is 10.4. The quantitative estimate of drug-likeness (QED) is 0.373. The van der Waals surface area contributed by atoms with E-state index in [0.29, 0.717) is 18.2 Å². The second kappa shape index (κ2) is 12.4. The van der Waals surface area contributed by atoms with Crippen molar-refractivity contribution in [3.05, 3.63) is 94.3 Å². The van der Waals surface area contributed by atoms with Crippen LogP contribution in [0.5, 0.6) is 11.5 Å². The molecule has 0 aliphatic heterocycles. The molecule has 3 aromatic rings.